The van der Waals surface area contributed by atoms with E-state index in [9.17, 15) is 0 Å². The summed E-state index contributed by atoms with van der Waals surface area (Å²) in [6.07, 6.45) is 3.45. The third-order valence-electron chi connectivity index (χ3n) is 2.57. The highest BCUT2D eigenvalue weighted by Crippen LogP contribution is 2.14. The molecule has 2 nitrogen and oxygen atoms in total. The fraction of sp³-hybridized carbons (Fsp3) is 0.231. The third kappa shape index (κ3) is 2.87. The Morgan fingerprint density at radius 3 is 2.62 bits per heavy atom. The number of hydrogen-bond acceptors (Lipinski definition) is 2. The van der Waals surface area contributed by atoms with Gasteiger partial charge in [0.25, 0.3) is 0 Å². The van der Waals surface area contributed by atoms with Crippen molar-refractivity contribution in [2.75, 3.05) is 0 Å². The Morgan fingerprint density at radius 1 is 1.25 bits per heavy atom. The average molecular weight is 236 g/mol. The van der Waals surface area contributed by atoms with Crippen molar-refractivity contribution in [3.8, 4) is 0 Å². The highest BCUT2D eigenvalue weighted by Gasteiger charge is 2.05. The van der Waals surface area contributed by atoms with Crippen LogP contribution in [-0.4, -0.2) is 0 Å². The Bertz CT molecular complexity index is 422. The summed E-state index contributed by atoms with van der Waals surface area (Å²) >= 11 is 5.82. The summed E-state index contributed by atoms with van der Waals surface area (Å²) in [5.74, 6) is 0. The van der Waals surface area contributed by atoms with Gasteiger partial charge in [-0.15, -0.1) is 0 Å². The van der Waals surface area contributed by atoms with Crippen LogP contribution in [0.25, 0.3) is 0 Å². The first kappa shape index (κ1) is 11.2. The Balaban J connectivity index is 1.90. The van der Waals surface area contributed by atoms with E-state index in [4.69, 9.17) is 16.0 Å². The molecule has 0 aliphatic rings. The van der Waals surface area contributed by atoms with Crippen LogP contribution in [0.2, 0.25) is 5.02 Å². The molecule has 84 valence electrons. The van der Waals surface area contributed by atoms with Crippen molar-refractivity contribution in [2.24, 2.45) is 0 Å². The molecule has 1 N–H and O–H groups in total. The summed E-state index contributed by atoms with van der Waals surface area (Å²) in [5.41, 5.74) is 2.38. The number of benzene rings is 1. The van der Waals surface area contributed by atoms with Gasteiger partial charge in [0.05, 0.1) is 12.5 Å². The van der Waals surface area contributed by atoms with Crippen LogP contribution >= 0.6 is 11.6 Å². The van der Waals surface area contributed by atoms with Gasteiger partial charge < -0.3 is 9.73 Å². The van der Waals surface area contributed by atoms with E-state index in [0.29, 0.717) is 0 Å². The van der Waals surface area contributed by atoms with Crippen molar-refractivity contribution in [3.05, 3.63) is 59.0 Å². The molecule has 2 rings (SSSR count). The molecule has 3 heteroatoms. The van der Waals surface area contributed by atoms with Crippen molar-refractivity contribution in [3.63, 3.8) is 0 Å². The zero-order chi connectivity index (χ0) is 11.4. The van der Waals surface area contributed by atoms with Gasteiger partial charge in [0.1, 0.15) is 0 Å². The number of rotatable bonds is 4. The minimum absolute atomic E-state index is 0.287. The lowest BCUT2D eigenvalue weighted by molar-refractivity contribution is 0.538. The van der Waals surface area contributed by atoms with Gasteiger partial charge in [0.15, 0.2) is 0 Å². The monoisotopic (exact) mass is 235 g/mol. The minimum Gasteiger partial charge on any atom is -0.472 e. The molecule has 2 aromatic rings. The van der Waals surface area contributed by atoms with E-state index in [1.807, 2.05) is 30.3 Å². The van der Waals surface area contributed by atoms with E-state index in [2.05, 4.69) is 12.2 Å². The molecule has 1 atom stereocenters. The highest BCUT2D eigenvalue weighted by molar-refractivity contribution is 6.30. The van der Waals surface area contributed by atoms with Crippen LogP contribution in [0.4, 0.5) is 0 Å². The maximum Gasteiger partial charge on any atom is 0.0950 e. The minimum atomic E-state index is 0.287. The summed E-state index contributed by atoms with van der Waals surface area (Å²) in [6, 6.07) is 10.1. The van der Waals surface area contributed by atoms with Crippen molar-refractivity contribution in [1.29, 1.82) is 0 Å². The SMILES string of the molecule is CC(NCc1ccc(Cl)cc1)c1ccoc1. The Labute approximate surface area is 100 Å². The lowest BCUT2D eigenvalue weighted by Crippen LogP contribution is -2.17. The van der Waals surface area contributed by atoms with E-state index >= 15 is 0 Å². The molecule has 0 spiro atoms. The number of nitrogens with one attached hydrogen (secondary N) is 1. The average Bonchev–Trinajstić information content (AvgIpc) is 2.81. The molecule has 0 fully saturated rings. The molecule has 0 aliphatic carbocycles. The Morgan fingerprint density at radius 2 is 2.00 bits per heavy atom. The van der Waals surface area contributed by atoms with Crippen LogP contribution in [0.15, 0.2) is 47.3 Å². The first-order valence-electron chi connectivity index (χ1n) is 5.25. The maximum atomic E-state index is 5.82. The van der Waals surface area contributed by atoms with E-state index in [-0.39, 0.29) is 6.04 Å². The van der Waals surface area contributed by atoms with Crippen LogP contribution in [0.1, 0.15) is 24.1 Å². The quantitative estimate of drug-likeness (QED) is 0.873. The molecule has 16 heavy (non-hydrogen) atoms. The second-order valence-corrected chi connectivity index (χ2v) is 4.22. The summed E-state index contributed by atoms with van der Waals surface area (Å²) in [4.78, 5) is 0. The van der Waals surface area contributed by atoms with Crippen molar-refractivity contribution < 1.29 is 4.42 Å². The van der Waals surface area contributed by atoms with Gasteiger partial charge in [-0.1, -0.05) is 23.7 Å². The smallest absolute Gasteiger partial charge is 0.0950 e. The van der Waals surface area contributed by atoms with Gasteiger partial charge in [-0.05, 0) is 30.7 Å². The molecule has 0 aliphatic heterocycles. The molecule has 0 bridgehead atoms. The topological polar surface area (TPSA) is 25.2 Å². The Hall–Kier alpha value is -1.25. The standard InChI is InChI=1S/C13H14ClNO/c1-10(12-6-7-16-9-12)15-8-11-2-4-13(14)5-3-11/h2-7,9-10,15H,8H2,1H3. The summed E-state index contributed by atoms with van der Waals surface area (Å²) < 4.78 is 5.05. The Kier molecular flexibility index (Phi) is 3.65. The predicted octanol–water partition coefficient (Wildman–Crippen LogP) is 3.78. The molecular formula is C13H14ClNO. The first-order valence-corrected chi connectivity index (χ1v) is 5.63. The molecule has 0 saturated heterocycles. The molecule has 1 aromatic heterocycles. The van der Waals surface area contributed by atoms with Crippen molar-refractivity contribution in [2.45, 2.75) is 19.5 Å². The van der Waals surface area contributed by atoms with E-state index in [1.165, 1.54) is 5.56 Å². The van der Waals surface area contributed by atoms with Gasteiger partial charge in [-0.2, -0.15) is 0 Å². The number of furan rings is 1. The second kappa shape index (κ2) is 5.19. The third-order valence-corrected chi connectivity index (χ3v) is 2.82. The molecule has 0 radical (unpaired) electrons. The second-order valence-electron chi connectivity index (χ2n) is 3.79. The summed E-state index contributed by atoms with van der Waals surface area (Å²) in [7, 11) is 0. The fourth-order valence-electron chi connectivity index (χ4n) is 1.51. The predicted molar refractivity (Wildman–Crippen MR) is 65.4 cm³/mol. The summed E-state index contributed by atoms with van der Waals surface area (Å²) in [5, 5.41) is 4.19. The van der Waals surface area contributed by atoms with E-state index in [0.717, 1.165) is 17.1 Å². The van der Waals surface area contributed by atoms with Gasteiger partial charge in [-0.25, -0.2) is 0 Å². The lowest BCUT2D eigenvalue weighted by Gasteiger charge is -2.11. The summed E-state index contributed by atoms with van der Waals surface area (Å²) in [6.45, 7) is 2.93. The molecule has 1 unspecified atom stereocenters. The normalized spacial score (nSPS) is 12.6. The van der Waals surface area contributed by atoms with Gasteiger partial charge in [0.2, 0.25) is 0 Å². The van der Waals surface area contributed by atoms with Gasteiger partial charge in [-0.3, -0.25) is 0 Å². The van der Waals surface area contributed by atoms with Crippen LogP contribution < -0.4 is 5.32 Å². The largest absolute Gasteiger partial charge is 0.472 e. The molecule has 1 aromatic carbocycles. The number of halogens is 1. The first-order chi connectivity index (χ1) is 7.75. The molecular weight excluding hydrogens is 222 g/mol. The van der Waals surface area contributed by atoms with Crippen LogP contribution in [0.3, 0.4) is 0 Å². The highest BCUT2D eigenvalue weighted by atomic mass is 35.5. The van der Waals surface area contributed by atoms with Crippen molar-refractivity contribution >= 4 is 11.6 Å². The molecule has 1 heterocycles. The molecule has 0 amide bonds. The van der Waals surface area contributed by atoms with Gasteiger partial charge >= 0.3 is 0 Å². The maximum absolute atomic E-state index is 5.82. The van der Waals surface area contributed by atoms with E-state index in [1.54, 1.807) is 12.5 Å². The van der Waals surface area contributed by atoms with E-state index < -0.39 is 0 Å². The number of hydrogen-bond donors (Lipinski definition) is 1. The zero-order valence-corrected chi connectivity index (χ0v) is 9.87. The molecule has 0 saturated carbocycles. The van der Waals surface area contributed by atoms with Gasteiger partial charge in [0, 0.05) is 23.2 Å². The fourth-order valence-corrected chi connectivity index (χ4v) is 1.64. The van der Waals surface area contributed by atoms with Crippen LogP contribution in [-0.2, 0) is 6.54 Å². The van der Waals surface area contributed by atoms with Crippen molar-refractivity contribution in [1.82, 2.24) is 5.32 Å². The lowest BCUT2D eigenvalue weighted by atomic mass is 10.1. The van der Waals surface area contributed by atoms with Crippen LogP contribution in [0, 0.1) is 0 Å². The van der Waals surface area contributed by atoms with Crippen LogP contribution in [0.5, 0.6) is 0 Å². The zero-order valence-electron chi connectivity index (χ0n) is 9.11.